The molecular weight excluding hydrogens is 1310 g/mol. The highest BCUT2D eigenvalue weighted by molar-refractivity contribution is 6.25. The molecule has 2 aliphatic rings. The van der Waals surface area contributed by atoms with E-state index in [1.807, 2.05) is 12.1 Å². The molecule has 0 aromatic heterocycles. The highest BCUT2D eigenvalue weighted by atomic mass is 14.2. The molecule has 0 nitrogen and oxygen atoms in total. The Morgan fingerprint density at radius 3 is 0.642 bits per heavy atom. The van der Waals surface area contributed by atoms with Gasteiger partial charge >= 0.3 is 0 Å². The predicted octanol–water partition coefficient (Wildman–Crippen LogP) is 30.4. The molecule has 20 aromatic rings. The molecule has 109 heavy (non-hydrogen) atoms. The third-order valence-electron chi connectivity index (χ3n) is 20.3. The van der Waals surface area contributed by atoms with E-state index in [0.717, 1.165) is 12.8 Å². The van der Waals surface area contributed by atoms with E-state index in [-0.39, 0.29) is 7.43 Å². The van der Waals surface area contributed by atoms with Gasteiger partial charge in [0, 0.05) is 0 Å². The van der Waals surface area contributed by atoms with Gasteiger partial charge < -0.3 is 0 Å². The summed E-state index contributed by atoms with van der Waals surface area (Å²) in [5.74, 6) is 0. The van der Waals surface area contributed by atoms with Crippen LogP contribution in [0.25, 0.3) is 131 Å². The van der Waals surface area contributed by atoms with E-state index in [4.69, 9.17) is 0 Å². The monoisotopic (exact) mass is 1400 g/mol. The van der Waals surface area contributed by atoms with Crippen molar-refractivity contribution in [2.75, 3.05) is 0 Å². The Morgan fingerprint density at radius 1 is 0.147 bits per heavy atom. The largest absolute Gasteiger partial charge is 0.0776 e. The molecule has 0 saturated carbocycles. The Morgan fingerprint density at radius 2 is 0.358 bits per heavy atom. The van der Waals surface area contributed by atoms with Crippen molar-refractivity contribution in [2.45, 2.75) is 34.1 Å². The lowest BCUT2D eigenvalue weighted by Gasteiger charge is -2.09. The third-order valence-corrected chi connectivity index (χ3v) is 20.3. The van der Waals surface area contributed by atoms with Gasteiger partial charge in [-0.25, -0.2) is 0 Å². The summed E-state index contributed by atoms with van der Waals surface area (Å²) in [6.45, 7) is 4.19. The van der Waals surface area contributed by atoms with Gasteiger partial charge in [-0.05, 0) is 198 Å². The molecule has 22 rings (SSSR count). The summed E-state index contributed by atoms with van der Waals surface area (Å²) < 4.78 is 0. The fraction of sp³-hybridized carbons (Fsp3) is 0.0459. The Bertz CT molecular complexity index is 5670. The minimum Gasteiger partial charge on any atom is -0.0776 e. The van der Waals surface area contributed by atoms with Gasteiger partial charge in [-0.15, -0.1) is 0 Å². The van der Waals surface area contributed by atoms with Gasteiger partial charge in [0.15, 0.2) is 0 Å². The first-order valence-corrected chi connectivity index (χ1v) is 37.4. The summed E-state index contributed by atoms with van der Waals surface area (Å²) in [5.41, 5.74) is 19.2. The van der Waals surface area contributed by atoms with Crippen LogP contribution in [0, 0.1) is 13.8 Å². The van der Waals surface area contributed by atoms with Crippen molar-refractivity contribution >= 4 is 86.2 Å². The van der Waals surface area contributed by atoms with E-state index < -0.39 is 0 Å². The molecule has 0 atom stereocenters. The van der Waals surface area contributed by atoms with Crippen LogP contribution in [0.5, 0.6) is 0 Å². The first-order valence-electron chi connectivity index (χ1n) is 37.4. The van der Waals surface area contributed by atoms with E-state index in [9.17, 15) is 0 Å². The zero-order valence-electron chi connectivity index (χ0n) is 61.1. The Kier molecular flexibility index (Phi) is 23.6. The lowest BCUT2D eigenvalue weighted by atomic mass is 9.95. The highest BCUT2D eigenvalue weighted by Crippen LogP contribution is 2.39. The molecule has 0 radical (unpaired) electrons. The molecule has 0 N–H and O–H groups in total. The molecule has 0 unspecified atom stereocenters. The molecule has 0 aliphatic heterocycles. The fourth-order valence-electron chi connectivity index (χ4n) is 14.8. The molecule has 0 fully saturated rings. The molecule has 2 aliphatic carbocycles. The van der Waals surface area contributed by atoms with E-state index >= 15 is 0 Å². The zero-order chi connectivity index (χ0) is 73.1. The van der Waals surface area contributed by atoms with Crippen LogP contribution in [0.2, 0.25) is 0 Å². The van der Waals surface area contributed by atoms with E-state index in [1.54, 1.807) is 0 Å². The zero-order valence-corrected chi connectivity index (χ0v) is 61.1. The van der Waals surface area contributed by atoms with Crippen LogP contribution in [0.3, 0.4) is 0 Å². The minimum atomic E-state index is 0. The van der Waals surface area contributed by atoms with Crippen molar-refractivity contribution in [3.8, 4) is 44.5 Å². The second kappa shape index (κ2) is 35.5. The maximum absolute atomic E-state index is 2.24. The van der Waals surface area contributed by atoms with Crippen LogP contribution in [-0.4, -0.2) is 0 Å². The molecule has 20 aromatic carbocycles. The lowest BCUT2D eigenvalue weighted by Crippen LogP contribution is -1.81. The SMILES string of the molecule is C.Cc1ccc(C)cc1.c1ccc(-c2cccc(-c3ccccc3)c2)cc1.c1ccc2c(c1)Cc1ccccc1-2.c1ccc2c(c1)Cc1ccccc1-2.c1ccc2c(c1)c1ccccc1c1ccccc21.c1ccc2c(c1)ccc1ccccc12.c1ccc2cc3ccccc3cc2c1.c1ccc2ccccc2c1. The van der Waals surface area contributed by atoms with Gasteiger partial charge in [0.05, 0.1) is 0 Å². The van der Waals surface area contributed by atoms with Crippen LogP contribution in [0.15, 0.2) is 449 Å². The molecule has 0 bridgehead atoms. The van der Waals surface area contributed by atoms with E-state index in [2.05, 4.69) is 451 Å². The average Bonchev–Trinajstić information content (AvgIpc) is 1.11. The van der Waals surface area contributed by atoms with Gasteiger partial charge in [-0.1, -0.05) is 449 Å². The molecule has 0 spiro atoms. The molecular formula is C109H88. The number of fused-ring (bicyclic) bond motifs is 18. The Hall–Kier alpha value is -13.5. The average molecular weight is 1400 g/mol. The highest BCUT2D eigenvalue weighted by Gasteiger charge is 2.17. The first-order chi connectivity index (χ1) is 53.4. The van der Waals surface area contributed by atoms with Gasteiger partial charge in [-0.2, -0.15) is 0 Å². The summed E-state index contributed by atoms with van der Waals surface area (Å²) >= 11 is 0. The Labute approximate surface area is 642 Å². The van der Waals surface area contributed by atoms with Crippen molar-refractivity contribution in [3.63, 3.8) is 0 Å². The summed E-state index contributed by atoms with van der Waals surface area (Å²) in [7, 11) is 0. The maximum Gasteiger partial charge on any atom is -0.00135 e. The molecule has 524 valence electrons. The van der Waals surface area contributed by atoms with Gasteiger partial charge in [0.1, 0.15) is 0 Å². The Balaban J connectivity index is 0.000000105. The van der Waals surface area contributed by atoms with Crippen molar-refractivity contribution in [1.29, 1.82) is 0 Å². The minimum absolute atomic E-state index is 0. The van der Waals surface area contributed by atoms with Crippen molar-refractivity contribution < 1.29 is 0 Å². The van der Waals surface area contributed by atoms with Gasteiger partial charge in [-0.3, -0.25) is 0 Å². The predicted molar refractivity (Wildman–Crippen MR) is 475 cm³/mol. The molecule has 0 amide bonds. The van der Waals surface area contributed by atoms with Crippen LogP contribution >= 0.6 is 0 Å². The summed E-state index contributed by atoms with van der Waals surface area (Å²) in [4.78, 5) is 0. The smallest absolute Gasteiger partial charge is 0.00135 e. The normalized spacial score (nSPS) is 10.9. The summed E-state index contributed by atoms with van der Waals surface area (Å²) in [5, 5.41) is 21.2. The van der Waals surface area contributed by atoms with Crippen LogP contribution in [-0.2, 0) is 12.8 Å². The van der Waals surface area contributed by atoms with Crippen molar-refractivity contribution in [1.82, 2.24) is 0 Å². The fourth-order valence-corrected chi connectivity index (χ4v) is 14.8. The standard InChI is InChI=1S/C18H12.C18H14.2C14H10.2C13H10.C10H8.C8H10.CH4/c1-2-8-14-13(7-1)15-9-3-4-11-17(15)18-12-6-5-10-16(14)18;1-3-8-15(9-4-1)17-12-7-13-18(14-17)16-10-5-2-6-11-16;1-3-7-13-11(5-1)9-10-12-6-2-4-8-14(12)13;1-2-6-12-10-14-8-4-3-7-13(14)9-11(12)5-1;2*1-3-7-12-10(5-1)9-11-6-2-4-8-13(11)12;1-2-6-10-8-4-3-7-9(10)5-1;1-7-3-5-8(2)6-4-7;/h1-12H;1-14H;2*1-10H;2*1-8H,9H2;1-8H;3-6H,1-2H3;1H4. The van der Waals surface area contributed by atoms with Crippen LogP contribution in [0.4, 0.5) is 0 Å². The second-order valence-corrected chi connectivity index (χ2v) is 27.5. The van der Waals surface area contributed by atoms with Crippen molar-refractivity contribution in [3.05, 3.63) is 482 Å². The molecule has 0 heterocycles. The van der Waals surface area contributed by atoms with Crippen LogP contribution in [0.1, 0.15) is 40.8 Å². The number of rotatable bonds is 2. The number of hydrogen-bond donors (Lipinski definition) is 0. The third kappa shape index (κ3) is 17.6. The summed E-state index contributed by atoms with van der Waals surface area (Å²) in [6, 6.07) is 158. The number of aryl methyl sites for hydroxylation is 2. The van der Waals surface area contributed by atoms with E-state index in [0.29, 0.717) is 0 Å². The number of benzene rings is 20. The first kappa shape index (κ1) is 72.4. The van der Waals surface area contributed by atoms with E-state index in [1.165, 1.54) is 164 Å². The van der Waals surface area contributed by atoms with Gasteiger partial charge in [0.2, 0.25) is 0 Å². The van der Waals surface area contributed by atoms with Gasteiger partial charge in [0.25, 0.3) is 0 Å². The molecule has 0 heteroatoms. The topological polar surface area (TPSA) is 0 Å². The quantitative estimate of drug-likeness (QED) is 0.120. The molecule has 0 saturated heterocycles. The lowest BCUT2D eigenvalue weighted by molar-refractivity contribution is 1.26. The number of hydrogen-bond acceptors (Lipinski definition) is 0. The second-order valence-electron chi connectivity index (χ2n) is 27.5. The maximum atomic E-state index is 2.24. The van der Waals surface area contributed by atoms with Crippen molar-refractivity contribution in [2.24, 2.45) is 0 Å². The summed E-state index contributed by atoms with van der Waals surface area (Å²) in [6.07, 6.45) is 2.21. The van der Waals surface area contributed by atoms with Crippen LogP contribution < -0.4 is 0 Å².